The molecule has 2 bridgehead atoms. The van der Waals surface area contributed by atoms with Crippen molar-refractivity contribution in [2.75, 3.05) is 0 Å². The number of aryl methyl sites for hydroxylation is 1. The Morgan fingerprint density at radius 3 is 2.59 bits per heavy atom. The average molecular weight is 385 g/mol. The lowest BCUT2D eigenvalue weighted by atomic mass is 9.81. The molecule has 3 aliphatic heterocycles. The molecule has 2 aromatic heterocycles. The van der Waals surface area contributed by atoms with Crippen LogP contribution < -0.4 is 14.8 Å². The van der Waals surface area contributed by atoms with Crippen LogP contribution in [0.1, 0.15) is 30.5 Å². The zero-order chi connectivity index (χ0) is 19.4. The van der Waals surface area contributed by atoms with Gasteiger partial charge in [-0.2, -0.15) is 4.98 Å². The van der Waals surface area contributed by atoms with Gasteiger partial charge in [-0.15, -0.1) is 0 Å². The van der Waals surface area contributed by atoms with Crippen LogP contribution in [0.25, 0.3) is 22.3 Å². The number of nitrogens with one attached hydrogen (secondary N) is 1. The van der Waals surface area contributed by atoms with Crippen LogP contribution in [0, 0.1) is 6.92 Å². The molecule has 1 N–H and O–H groups in total. The van der Waals surface area contributed by atoms with Crippen LogP contribution in [0.4, 0.5) is 0 Å². The maximum atomic E-state index is 6.16. The molecule has 0 amide bonds. The number of pyridine rings is 2. The fourth-order valence-corrected chi connectivity index (χ4v) is 4.81. The Hall–Kier alpha value is -2.92. The van der Waals surface area contributed by atoms with Crippen molar-refractivity contribution in [2.24, 2.45) is 0 Å². The number of ether oxygens (including phenoxy) is 2. The summed E-state index contributed by atoms with van der Waals surface area (Å²) in [6, 6.07) is 16.0. The van der Waals surface area contributed by atoms with E-state index >= 15 is 0 Å². The molecule has 3 fully saturated rings. The Labute approximate surface area is 170 Å². The molecule has 2 saturated heterocycles. The van der Waals surface area contributed by atoms with Gasteiger partial charge < -0.3 is 14.8 Å². The van der Waals surface area contributed by atoms with Gasteiger partial charge in [0, 0.05) is 35.6 Å². The highest BCUT2D eigenvalue weighted by molar-refractivity contribution is 5.77. The van der Waals surface area contributed by atoms with Gasteiger partial charge in [-0.3, -0.25) is 4.98 Å². The number of fused-ring (bicyclic) bond motifs is 5. The fraction of sp³-hybridized carbons (Fsp3) is 0.333. The molecule has 4 aliphatic rings. The van der Waals surface area contributed by atoms with Gasteiger partial charge in [-0.25, -0.2) is 0 Å². The number of rotatable bonds is 3. The van der Waals surface area contributed by atoms with Crippen molar-refractivity contribution in [3.8, 4) is 34.0 Å². The van der Waals surface area contributed by atoms with Crippen molar-refractivity contribution in [3.05, 3.63) is 59.9 Å². The molecule has 0 spiro atoms. The summed E-state index contributed by atoms with van der Waals surface area (Å²) in [4.78, 5) is 8.96. The van der Waals surface area contributed by atoms with E-state index in [1.54, 1.807) is 0 Å². The molecule has 0 radical (unpaired) electrons. The first-order valence-electron chi connectivity index (χ1n) is 10.3. The zero-order valence-corrected chi connectivity index (χ0v) is 16.4. The summed E-state index contributed by atoms with van der Waals surface area (Å²) in [5, 5.41) is 3.55. The molecule has 3 aromatic rings. The summed E-state index contributed by atoms with van der Waals surface area (Å²) >= 11 is 0. The lowest BCUT2D eigenvalue weighted by Crippen LogP contribution is -2.60. The van der Waals surface area contributed by atoms with Crippen LogP contribution in [0.3, 0.4) is 0 Å². The van der Waals surface area contributed by atoms with Gasteiger partial charge in [0.2, 0.25) is 11.8 Å². The maximum Gasteiger partial charge on any atom is 0.225 e. The number of hydrogen-bond donors (Lipinski definition) is 1. The Kier molecular flexibility index (Phi) is 3.84. The highest BCUT2D eigenvalue weighted by atomic mass is 16.5. The molecule has 29 heavy (non-hydrogen) atoms. The third-order valence-corrected chi connectivity index (χ3v) is 6.25. The molecule has 5 heterocycles. The average Bonchev–Trinajstić information content (AvgIpc) is 2.72. The van der Waals surface area contributed by atoms with Gasteiger partial charge >= 0.3 is 0 Å². The lowest BCUT2D eigenvalue weighted by molar-refractivity contribution is 0.0521. The third kappa shape index (κ3) is 3.06. The van der Waals surface area contributed by atoms with E-state index in [0.717, 1.165) is 24.1 Å². The number of hydrogen-bond acceptors (Lipinski definition) is 5. The van der Waals surface area contributed by atoms with E-state index in [9.17, 15) is 0 Å². The summed E-state index contributed by atoms with van der Waals surface area (Å²) in [6.45, 7) is 2.54. The van der Waals surface area contributed by atoms with Gasteiger partial charge in [0.05, 0.1) is 0 Å². The smallest absolute Gasteiger partial charge is 0.225 e. The summed E-state index contributed by atoms with van der Waals surface area (Å²) in [7, 11) is 0. The SMILES string of the molecule is Cc1cc(-c2ccc3c(c2)COc2nc(O[C@@H]4C[C@H]5C[C@@H](C4)N5)ccc2-3)ccn1. The van der Waals surface area contributed by atoms with Crippen LogP contribution in [-0.4, -0.2) is 28.2 Å². The Morgan fingerprint density at radius 1 is 0.966 bits per heavy atom. The summed E-state index contributed by atoms with van der Waals surface area (Å²) in [5.41, 5.74) is 6.77. The second-order valence-corrected chi connectivity index (χ2v) is 8.36. The minimum Gasteiger partial charge on any atom is -0.474 e. The fourth-order valence-electron chi connectivity index (χ4n) is 4.81. The van der Waals surface area contributed by atoms with Crippen molar-refractivity contribution >= 4 is 0 Å². The summed E-state index contributed by atoms with van der Waals surface area (Å²) in [5.74, 6) is 1.34. The maximum absolute atomic E-state index is 6.16. The first-order chi connectivity index (χ1) is 14.2. The molecule has 0 unspecified atom stereocenters. The minimum absolute atomic E-state index is 0.257. The van der Waals surface area contributed by atoms with E-state index in [1.807, 2.05) is 25.3 Å². The standard InChI is InChI=1S/C24H23N3O2/c1-14-8-16(6-7-25-14)15-2-3-21-17(9-15)13-28-24-22(21)4-5-23(27-24)29-20-11-18-10-19(12-20)26-18/h2-9,18-20,26H,10-13H2,1H3/t18-,19+,20-. The quantitative estimate of drug-likeness (QED) is 0.729. The van der Waals surface area contributed by atoms with Gasteiger partial charge in [0.25, 0.3) is 0 Å². The van der Waals surface area contributed by atoms with Crippen LogP contribution in [0.15, 0.2) is 48.7 Å². The molecule has 5 nitrogen and oxygen atoms in total. The van der Waals surface area contributed by atoms with Gasteiger partial charge in [-0.1, -0.05) is 12.1 Å². The van der Waals surface area contributed by atoms with Gasteiger partial charge in [0.15, 0.2) is 0 Å². The monoisotopic (exact) mass is 385 g/mol. The van der Waals surface area contributed by atoms with E-state index < -0.39 is 0 Å². The minimum atomic E-state index is 0.257. The first kappa shape index (κ1) is 17.0. The van der Waals surface area contributed by atoms with Crippen LogP contribution in [0.5, 0.6) is 11.8 Å². The highest BCUT2D eigenvalue weighted by Gasteiger charge is 2.38. The third-order valence-electron chi connectivity index (χ3n) is 6.25. The van der Waals surface area contributed by atoms with E-state index in [-0.39, 0.29) is 6.10 Å². The molecular formula is C24H23N3O2. The normalized spacial score (nSPS) is 24.0. The Bertz CT molecular complexity index is 1080. The van der Waals surface area contributed by atoms with Crippen molar-refractivity contribution in [1.29, 1.82) is 0 Å². The Balaban J connectivity index is 1.27. The number of aromatic nitrogens is 2. The number of nitrogens with zero attached hydrogens (tertiary/aromatic N) is 2. The molecule has 7 rings (SSSR count). The first-order valence-corrected chi connectivity index (χ1v) is 10.3. The van der Waals surface area contributed by atoms with Gasteiger partial charge in [-0.05, 0) is 72.7 Å². The van der Waals surface area contributed by atoms with Crippen molar-refractivity contribution in [1.82, 2.24) is 15.3 Å². The largest absolute Gasteiger partial charge is 0.474 e. The zero-order valence-electron chi connectivity index (χ0n) is 16.4. The molecule has 146 valence electrons. The predicted octanol–water partition coefficient (Wildman–Crippen LogP) is 4.28. The second kappa shape index (κ2) is 6.56. The lowest BCUT2D eigenvalue weighted by Gasteiger charge is -2.46. The summed E-state index contributed by atoms with van der Waals surface area (Å²) < 4.78 is 12.2. The number of piperidine rings is 1. The van der Waals surface area contributed by atoms with E-state index in [0.29, 0.717) is 30.5 Å². The highest BCUT2D eigenvalue weighted by Crippen LogP contribution is 2.39. The van der Waals surface area contributed by atoms with E-state index in [4.69, 9.17) is 9.47 Å². The summed E-state index contributed by atoms with van der Waals surface area (Å²) in [6.07, 6.45) is 5.53. The topological polar surface area (TPSA) is 56.3 Å². The van der Waals surface area contributed by atoms with Crippen LogP contribution in [-0.2, 0) is 6.61 Å². The molecular weight excluding hydrogens is 362 g/mol. The van der Waals surface area contributed by atoms with Crippen LogP contribution in [0.2, 0.25) is 0 Å². The van der Waals surface area contributed by atoms with E-state index in [2.05, 4.69) is 45.6 Å². The van der Waals surface area contributed by atoms with Crippen molar-refractivity contribution < 1.29 is 9.47 Å². The van der Waals surface area contributed by atoms with Crippen molar-refractivity contribution in [3.63, 3.8) is 0 Å². The number of benzene rings is 1. The van der Waals surface area contributed by atoms with Crippen molar-refractivity contribution in [2.45, 2.75) is 51.0 Å². The molecule has 3 atom stereocenters. The second-order valence-electron chi connectivity index (χ2n) is 8.36. The van der Waals surface area contributed by atoms with Crippen LogP contribution >= 0.6 is 0 Å². The molecule has 1 aromatic carbocycles. The molecule has 5 heteroatoms. The van der Waals surface area contributed by atoms with E-state index in [1.165, 1.54) is 28.7 Å². The van der Waals surface area contributed by atoms with Gasteiger partial charge in [0.1, 0.15) is 12.7 Å². The molecule has 1 saturated carbocycles. The predicted molar refractivity (Wildman–Crippen MR) is 111 cm³/mol. The molecule has 1 aliphatic carbocycles. The Morgan fingerprint density at radius 2 is 1.76 bits per heavy atom.